The van der Waals surface area contributed by atoms with Crippen LogP contribution >= 0.6 is 0 Å². The van der Waals surface area contributed by atoms with Crippen molar-refractivity contribution < 1.29 is 9.59 Å². The predicted octanol–water partition coefficient (Wildman–Crippen LogP) is 7.06. The lowest BCUT2D eigenvalue weighted by atomic mass is 10.0. The molecule has 1 aliphatic rings. The van der Waals surface area contributed by atoms with Crippen LogP contribution < -0.4 is 4.90 Å². The summed E-state index contributed by atoms with van der Waals surface area (Å²) < 4.78 is 2.00. The van der Waals surface area contributed by atoms with Gasteiger partial charge in [-0.1, -0.05) is 54.1 Å². The topological polar surface area (TPSA) is 46.7 Å². The zero-order valence-electron chi connectivity index (χ0n) is 19.6. The van der Waals surface area contributed by atoms with Gasteiger partial charge in [0.2, 0.25) is 0 Å². The van der Waals surface area contributed by atoms with Crippen molar-refractivity contribution in [2.24, 2.45) is 0 Å². The minimum Gasteiger partial charge on any atom is -0.310 e. The van der Waals surface area contributed by atoms with Crippen molar-refractivity contribution in [3.8, 4) is 5.69 Å². The van der Waals surface area contributed by atoms with Gasteiger partial charge in [0, 0.05) is 16.3 Å². The molecule has 0 N–H and O–H groups in total. The molecule has 2 amide bonds. The molecule has 0 unspecified atom stereocenters. The molecule has 0 aliphatic carbocycles. The Hall–Kier alpha value is -4.69. The predicted molar refractivity (Wildman–Crippen MR) is 139 cm³/mol. The summed E-state index contributed by atoms with van der Waals surface area (Å²) in [6.07, 6.45) is 0. The molecular formula is C30H21N3O2. The molecular weight excluding hydrogens is 434 g/mol. The number of benzene rings is 4. The van der Waals surface area contributed by atoms with Crippen LogP contribution in [0.1, 0.15) is 37.4 Å². The van der Waals surface area contributed by atoms with Crippen molar-refractivity contribution in [1.29, 1.82) is 0 Å². The fourth-order valence-corrected chi connectivity index (χ4v) is 5.47. The van der Waals surface area contributed by atoms with E-state index in [1.807, 2.05) is 86.0 Å². The van der Waals surface area contributed by atoms with Crippen molar-refractivity contribution in [2.45, 2.75) is 20.8 Å². The lowest BCUT2D eigenvalue weighted by Crippen LogP contribution is -2.31. The highest BCUT2D eigenvalue weighted by molar-refractivity contribution is 6.36. The molecule has 0 spiro atoms. The molecule has 168 valence electrons. The number of hydrogen-bond donors (Lipinski definition) is 0. The number of hydrogen-bond acceptors (Lipinski definition) is 2. The Kier molecular flexibility index (Phi) is 4.42. The van der Waals surface area contributed by atoms with Crippen LogP contribution in [0.3, 0.4) is 0 Å². The van der Waals surface area contributed by atoms with Gasteiger partial charge in [0.15, 0.2) is 5.69 Å². The maximum Gasteiger partial charge on any atom is 0.268 e. The molecule has 5 aromatic rings. The number of aryl methyl sites for hydroxylation is 3. The third-order valence-electron chi connectivity index (χ3n) is 6.78. The van der Waals surface area contributed by atoms with E-state index < -0.39 is 0 Å². The molecule has 6 rings (SSSR count). The first-order valence-electron chi connectivity index (χ1n) is 11.4. The van der Waals surface area contributed by atoms with Crippen LogP contribution in [-0.4, -0.2) is 16.4 Å². The van der Waals surface area contributed by atoms with Gasteiger partial charge in [-0.25, -0.2) is 9.74 Å². The van der Waals surface area contributed by atoms with Crippen LogP contribution in [0.15, 0.2) is 72.8 Å². The zero-order chi connectivity index (χ0) is 24.4. The second-order valence-electron chi connectivity index (χ2n) is 9.06. The van der Waals surface area contributed by atoms with E-state index in [2.05, 4.69) is 4.85 Å². The minimum absolute atomic E-state index is 0.315. The summed E-state index contributed by atoms with van der Waals surface area (Å²) in [6.45, 7) is 13.4. The number of rotatable bonds is 2. The Labute approximate surface area is 202 Å². The number of carbonyl (C=O) groups excluding carboxylic acids is 2. The number of aromatic nitrogens is 1. The molecule has 4 aromatic carbocycles. The number of para-hydroxylation sites is 1. The molecule has 0 saturated heterocycles. The molecule has 0 fully saturated rings. The molecule has 2 heterocycles. The number of anilines is 1. The number of amides is 2. The summed E-state index contributed by atoms with van der Waals surface area (Å²) >= 11 is 0. The van der Waals surface area contributed by atoms with Gasteiger partial charge in [0.25, 0.3) is 11.8 Å². The molecule has 0 radical (unpaired) electrons. The van der Waals surface area contributed by atoms with E-state index in [9.17, 15) is 9.59 Å². The summed E-state index contributed by atoms with van der Waals surface area (Å²) in [4.78, 5) is 32.5. The third kappa shape index (κ3) is 2.87. The van der Waals surface area contributed by atoms with Crippen molar-refractivity contribution in [1.82, 2.24) is 4.57 Å². The van der Waals surface area contributed by atoms with Gasteiger partial charge in [0.05, 0.1) is 34.6 Å². The van der Waals surface area contributed by atoms with Crippen LogP contribution in [-0.2, 0) is 0 Å². The Morgan fingerprint density at radius 2 is 1.46 bits per heavy atom. The Balaban J connectivity index is 1.65. The molecule has 5 heteroatoms. The lowest BCUT2D eigenvalue weighted by molar-refractivity contribution is 0.0925. The monoisotopic (exact) mass is 455 g/mol. The van der Waals surface area contributed by atoms with Crippen molar-refractivity contribution in [2.75, 3.05) is 4.90 Å². The van der Waals surface area contributed by atoms with E-state index in [1.165, 1.54) is 4.90 Å². The van der Waals surface area contributed by atoms with Crippen molar-refractivity contribution in [3.05, 3.63) is 112 Å². The standard InChI is InChI=1S/C30H21N3O2/c1-17-14-18(2)28(19(3)15-17)33-29(34)23-9-7-11-25(27(23)30(33)35)32-24-10-6-5-8-21(24)22-13-12-20(31-4)16-26(22)32/h5-16H,1-3H3. The van der Waals surface area contributed by atoms with E-state index in [4.69, 9.17) is 6.57 Å². The van der Waals surface area contributed by atoms with Gasteiger partial charge in [-0.15, -0.1) is 0 Å². The molecule has 35 heavy (non-hydrogen) atoms. The molecule has 1 aromatic heterocycles. The summed E-state index contributed by atoms with van der Waals surface area (Å²) in [5, 5.41) is 2.01. The van der Waals surface area contributed by atoms with Crippen molar-refractivity contribution in [3.63, 3.8) is 0 Å². The normalized spacial score (nSPS) is 13.0. The highest BCUT2D eigenvalue weighted by atomic mass is 16.2. The quantitative estimate of drug-likeness (QED) is 0.211. The van der Waals surface area contributed by atoms with E-state index >= 15 is 0 Å². The molecule has 0 saturated carbocycles. The molecule has 0 atom stereocenters. The average Bonchev–Trinajstić information content (AvgIpc) is 3.30. The van der Waals surface area contributed by atoms with Crippen LogP contribution in [0.4, 0.5) is 11.4 Å². The van der Waals surface area contributed by atoms with Crippen molar-refractivity contribution >= 4 is 45.0 Å². The van der Waals surface area contributed by atoms with Gasteiger partial charge in [0.1, 0.15) is 0 Å². The van der Waals surface area contributed by atoms with E-state index in [0.29, 0.717) is 28.2 Å². The van der Waals surface area contributed by atoms with Crippen LogP contribution in [0.25, 0.3) is 32.3 Å². The summed E-state index contributed by atoms with van der Waals surface area (Å²) in [6, 6.07) is 23.0. The minimum atomic E-state index is -0.331. The van der Waals surface area contributed by atoms with E-state index in [-0.39, 0.29) is 11.8 Å². The van der Waals surface area contributed by atoms with Crippen LogP contribution in [0, 0.1) is 27.3 Å². The lowest BCUT2D eigenvalue weighted by Gasteiger charge is -2.20. The smallest absolute Gasteiger partial charge is 0.268 e. The van der Waals surface area contributed by atoms with Gasteiger partial charge < -0.3 is 4.57 Å². The number of nitrogens with zero attached hydrogens (tertiary/aromatic N) is 3. The molecule has 1 aliphatic heterocycles. The number of carbonyl (C=O) groups is 2. The summed E-state index contributed by atoms with van der Waals surface area (Å²) in [5.74, 6) is -0.646. The van der Waals surface area contributed by atoms with Crippen LogP contribution in [0.5, 0.6) is 0 Å². The fraction of sp³-hybridized carbons (Fsp3) is 0.100. The maximum atomic E-state index is 14.0. The zero-order valence-corrected chi connectivity index (χ0v) is 19.6. The highest BCUT2D eigenvalue weighted by Gasteiger charge is 2.40. The Bertz CT molecular complexity index is 1760. The van der Waals surface area contributed by atoms with E-state index in [0.717, 1.165) is 38.5 Å². The number of fused-ring (bicyclic) bond motifs is 4. The Morgan fingerprint density at radius 3 is 2.20 bits per heavy atom. The van der Waals surface area contributed by atoms with Crippen LogP contribution in [0.2, 0.25) is 0 Å². The van der Waals surface area contributed by atoms with Gasteiger partial charge >= 0.3 is 0 Å². The molecule has 0 bridgehead atoms. The largest absolute Gasteiger partial charge is 0.310 e. The fourth-order valence-electron chi connectivity index (χ4n) is 5.47. The first-order chi connectivity index (χ1) is 16.9. The molecule has 5 nitrogen and oxygen atoms in total. The second-order valence-corrected chi connectivity index (χ2v) is 9.06. The summed E-state index contributed by atoms with van der Waals surface area (Å²) in [7, 11) is 0. The maximum absolute atomic E-state index is 14.0. The van der Waals surface area contributed by atoms with Gasteiger partial charge in [-0.3, -0.25) is 9.59 Å². The number of imide groups is 1. The third-order valence-corrected chi connectivity index (χ3v) is 6.78. The van der Waals surface area contributed by atoms with Gasteiger partial charge in [-0.05, 0) is 56.2 Å². The first-order valence-corrected chi connectivity index (χ1v) is 11.4. The first kappa shape index (κ1) is 20.9. The van der Waals surface area contributed by atoms with E-state index in [1.54, 1.807) is 12.1 Å². The summed E-state index contributed by atoms with van der Waals surface area (Å²) in [5.41, 5.74) is 7.17. The SMILES string of the molecule is [C-]#[N+]c1ccc2c3ccccc3n(-c3cccc4c3C(=O)N(c3c(C)cc(C)cc3C)C4=O)c2c1. The Morgan fingerprint density at radius 1 is 0.743 bits per heavy atom. The second kappa shape index (κ2) is 7.41. The highest BCUT2D eigenvalue weighted by Crippen LogP contribution is 2.40. The average molecular weight is 456 g/mol. The van der Waals surface area contributed by atoms with Gasteiger partial charge in [-0.2, -0.15) is 0 Å².